The van der Waals surface area contributed by atoms with Crippen molar-refractivity contribution in [2.75, 3.05) is 26.7 Å². The highest BCUT2D eigenvalue weighted by molar-refractivity contribution is 6.06. The lowest BCUT2D eigenvalue weighted by atomic mass is 9.82. The van der Waals surface area contributed by atoms with E-state index in [4.69, 9.17) is 4.74 Å². The van der Waals surface area contributed by atoms with Gasteiger partial charge in [0.05, 0.1) is 25.8 Å². The zero-order chi connectivity index (χ0) is 21.6. The molecular weight excluding hydrogens is 394 g/mol. The second kappa shape index (κ2) is 7.75. The largest absolute Gasteiger partial charge is 0.497 e. The summed E-state index contributed by atoms with van der Waals surface area (Å²) in [5.41, 5.74) is 1.34. The Bertz CT molecular complexity index is 972. The van der Waals surface area contributed by atoms with Crippen LogP contribution in [0.25, 0.3) is 0 Å². The van der Waals surface area contributed by atoms with Crippen molar-refractivity contribution in [3.05, 3.63) is 65.7 Å². The molecule has 5 rings (SSSR count). The first-order valence-electron chi connectivity index (χ1n) is 10.7. The monoisotopic (exact) mass is 421 g/mol. The number of aliphatic hydroxyl groups excluding tert-OH is 1. The summed E-state index contributed by atoms with van der Waals surface area (Å²) in [5.74, 6) is 0.379. The Morgan fingerprint density at radius 3 is 2.35 bits per heavy atom. The first-order chi connectivity index (χ1) is 15.0. The second-order valence-electron chi connectivity index (χ2n) is 8.80. The molecule has 3 aliphatic heterocycles. The maximum Gasteiger partial charge on any atom is 0.252 e. The summed E-state index contributed by atoms with van der Waals surface area (Å²) in [6.45, 7) is 2.51. The first kappa shape index (κ1) is 20.2. The summed E-state index contributed by atoms with van der Waals surface area (Å²) in [6, 6.07) is 17.2. The van der Waals surface area contributed by atoms with Gasteiger partial charge in [0.15, 0.2) is 0 Å². The lowest BCUT2D eigenvalue weighted by molar-refractivity contribution is -0.181. The van der Waals surface area contributed by atoms with Gasteiger partial charge in [0.25, 0.3) is 5.91 Å². The van der Waals surface area contributed by atoms with Crippen LogP contribution in [0.3, 0.4) is 0 Å². The van der Waals surface area contributed by atoms with Gasteiger partial charge in [-0.3, -0.25) is 24.3 Å². The topological polar surface area (TPSA) is 73.3 Å². The van der Waals surface area contributed by atoms with Crippen molar-refractivity contribution in [2.24, 2.45) is 0 Å². The van der Waals surface area contributed by atoms with Gasteiger partial charge >= 0.3 is 0 Å². The van der Waals surface area contributed by atoms with Crippen molar-refractivity contribution in [3.8, 4) is 5.75 Å². The molecule has 0 aliphatic carbocycles. The Balaban J connectivity index is 1.38. The minimum atomic E-state index is -0.739. The lowest BCUT2D eigenvalue weighted by Gasteiger charge is -2.58. The number of nitrogens with zero attached hydrogens (tertiary/aromatic N) is 3. The number of benzene rings is 2. The lowest BCUT2D eigenvalue weighted by Crippen LogP contribution is -2.81. The van der Waals surface area contributed by atoms with Crippen LogP contribution >= 0.6 is 0 Å². The highest BCUT2D eigenvalue weighted by atomic mass is 16.5. The molecule has 3 heterocycles. The van der Waals surface area contributed by atoms with Crippen LogP contribution in [0.15, 0.2) is 54.6 Å². The number of amides is 2. The van der Waals surface area contributed by atoms with Crippen LogP contribution in [0.1, 0.15) is 17.5 Å². The van der Waals surface area contributed by atoms with Crippen molar-refractivity contribution < 1.29 is 19.4 Å². The van der Waals surface area contributed by atoms with Crippen LogP contribution in [-0.2, 0) is 22.7 Å². The maximum atomic E-state index is 13.6. The van der Waals surface area contributed by atoms with Crippen molar-refractivity contribution in [1.82, 2.24) is 14.7 Å². The Hall–Kier alpha value is -2.74. The number of imide groups is 1. The van der Waals surface area contributed by atoms with Crippen molar-refractivity contribution in [2.45, 2.75) is 37.2 Å². The number of hydrogen-bond donors (Lipinski definition) is 1. The van der Waals surface area contributed by atoms with E-state index in [0.717, 1.165) is 17.9 Å². The van der Waals surface area contributed by atoms with Crippen LogP contribution in [-0.4, -0.2) is 76.0 Å². The predicted molar refractivity (Wildman–Crippen MR) is 114 cm³/mol. The first-order valence-corrected chi connectivity index (χ1v) is 10.7. The highest BCUT2D eigenvalue weighted by Crippen LogP contribution is 2.41. The Morgan fingerprint density at radius 2 is 1.68 bits per heavy atom. The quantitative estimate of drug-likeness (QED) is 0.733. The van der Waals surface area contributed by atoms with E-state index in [1.165, 1.54) is 10.5 Å². The molecular formula is C24H27N3O4. The zero-order valence-corrected chi connectivity index (χ0v) is 17.6. The fourth-order valence-electron chi connectivity index (χ4n) is 5.20. The molecule has 3 fully saturated rings. The summed E-state index contributed by atoms with van der Waals surface area (Å²) in [4.78, 5) is 32.5. The van der Waals surface area contributed by atoms with Gasteiger partial charge in [-0.2, -0.15) is 0 Å². The summed E-state index contributed by atoms with van der Waals surface area (Å²) in [7, 11) is 1.61. The molecule has 3 saturated heterocycles. The molecule has 2 atom stereocenters. The highest BCUT2D eigenvalue weighted by Gasteiger charge is 2.64. The van der Waals surface area contributed by atoms with Crippen LogP contribution in [0.5, 0.6) is 5.75 Å². The molecule has 1 N–H and O–H groups in total. The zero-order valence-electron chi connectivity index (χ0n) is 17.6. The number of carbonyl (C=O) groups excluding carboxylic acids is 2. The fourth-order valence-corrected chi connectivity index (χ4v) is 5.20. The summed E-state index contributed by atoms with van der Waals surface area (Å²) < 4.78 is 5.20. The van der Waals surface area contributed by atoms with Gasteiger partial charge in [-0.25, -0.2) is 0 Å². The van der Waals surface area contributed by atoms with Crippen LogP contribution < -0.4 is 4.74 Å². The molecule has 0 saturated carbocycles. The van der Waals surface area contributed by atoms with E-state index >= 15 is 0 Å². The molecule has 2 unspecified atom stereocenters. The number of methoxy groups -OCH3 is 1. The predicted octanol–water partition coefficient (Wildman–Crippen LogP) is 1.25. The number of hydrogen-bond acceptors (Lipinski definition) is 6. The Labute approximate surface area is 181 Å². The van der Waals surface area contributed by atoms with Gasteiger partial charge in [0, 0.05) is 26.2 Å². The average Bonchev–Trinajstić information content (AvgIpc) is 3.16. The normalized spacial score (nSPS) is 25.5. The van der Waals surface area contributed by atoms with E-state index in [9.17, 15) is 14.7 Å². The van der Waals surface area contributed by atoms with Crippen LogP contribution in [0.2, 0.25) is 0 Å². The Kier molecular flexibility index (Phi) is 5.04. The van der Waals surface area contributed by atoms with Gasteiger partial charge in [-0.1, -0.05) is 42.5 Å². The van der Waals surface area contributed by atoms with E-state index in [1.54, 1.807) is 7.11 Å². The van der Waals surface area contributed by atoms with Gasteiger partial charge in [-0.15, -0.1) is 0 Å². The minimum Gasteiger partial charge on any atom is -0.497 e. The Morgan fingerprint density at radius 1 is 1.00 bits per heavy atom. The molecule has 3 aliphatic rings. The molecule has 0 aromatic heterocycles. The third kappa shape index (κ3) is 3.43. The van der Waals surface area contributed by atoms with Gasteiger partial charge < -0.3 is 9.84 Å². The molecule has 2 aromatic rings. The van der Waals surface area contributed by atoms with E-state index < -0.39 is 17.7 Å². The number of ether oxygens (including phenoxy) is 1. The summed E-state index contributed by atoms with van der Waals surface area (Å²) >= 11 is 0. The van der Waals surface area contributed by atoms with Crippen molar-refractivity contribution in [3.63, 3.8) is 0 Å². The minimum absolute atomic E-state index is 0.150. The number of carbonyl (C=O) groups is 2. The molecule has 2 amide bonds. The molecule has 1 spiro atoms. The van der Waals surface area contributed by atoms with Gasteiger partial charge in [0.2, 0.25) is 5.91 Å². The van der Waals surface area contributed by atoms with Gasteiger partial charge in [-0.05, 0) is 29.7 Å². The number of piperazine rings is 1. The van der Waals surface area contributed by atoms with Crippen LogP contribution in [0, 0.1) is 0 Å². The van der Waals surface area contributed by atoms with Gasteiger partial charge in [0.1, 0.15) is 11.3 Å². The maximum absolute atomic E-state index is 13.6. The third-order valence-electron chi connectivity index (χ3n) is 6.74. The molecule has 162 valence electrons. The SMILES string of the molecule is COc1ccc(CN2C(=O)C3CC(O)CN3C3(CN(Cc4ccccc4)C3)C2=O)cc1. The second-order valence-corrected chi connectivity index (χ2v) is 8.80. The third-order valence-corrected chi connectivity index (χ3v) is 6.74. The number of β-amino-alcohol motifs (C(OH)–C–C–N with tert-alkyl or cyclic N) is 1. The van der Waals surface area contributed by atoms with Crippen molar-refractivity contribution in [1.29, 1.82) is 0 Å². The molecule has 2 aromatic carbocycles. The summed E-state index contributed by atoms with van der Waals surface area (Å²) in [6.07, 6.45) is -0.200. The summed E-state index contributed by atoms with van der Waals surface area (Å²) in [5, 5.41) is 10.3. The molecule has 7 nitrogen and oxygen atoms in total. The molecule has 31 heavy (non-hydrogen) atoms. The van der Waals surface area contributed by atoms with E-state index in [-0.39, 0.29) is 18.4 Å². The fraction of sp³-hybridized carbons (Fsp3) is 0.417. The number of aliphatic hydroxyl groups is 1. The van der Waals surface area contributed by atoms with Crippen LogP contribution in [0.4, 0.5) is 0 Å². The molecule has 7 heteroatoms. The standard InChI is InChI=1S/C24H27N3O4/c1-31-20-9-7-18(8-10-20)13-26-22(29)21-11-19(28)14-27(21)24(23(26)30)15-25(16-24)12-17-5-3-2-4-6-17/h2-10,19,21,28H,11-16H2,1H3. The molecule has 0 bridgehead atoms. The van der Waals surface area contributed by atoms with E-state index in [0.29, 0.717) is 26.1 Å². The van der Waals surface area contributed by atoms with E-state index in [1.807, 2.05) is 47.4 Å². The van der Waals surface area contributed by atoms with E-state index in [2.05, 4.69) is 17.0 Å². The number of likely N-dealkylation sites (tertiary alicyclic amines) is 1. The van der Waals surface area contributed by atoms with Crippen molar-refractivity contribution >= 4 is 11.8 Å². The molecule has 0 radical (unpaired) electrons. The average molecular weight is 421 g/mol. The number of fused-ring (bicyclic) bond motifs is 2. The smallest absolute Gasteiger partial charge is 0.252 e. The number of rotatable bonds is 5.